The van der Waals surface area contributed by atoms with Gasteiger partial charge in [0, 0.05) is 13.1 Å². The van der Waals surface area contributed by atoms with Gasteiger partial charge in [-0.15, -0.1) is 5.06 Å². The fraction of sp³-hybridized carbons (Fsp3) is 0.950. The molecular weight excluding hydrogens is 302 g/mol. The summed E-state index contributed by atoms with van der Waals surface area (Å²) >= 11 is 0. The van der Waals surface area contributed by atoms with E-state index in [0.29, 0.717) is 6.42 Å². The summed E-state index contributed by atoms with van der Waals surface area (Å²) in [7, 11) is 0. The van der Waals surface area contributed by atoms with Crippen molar-refractivity contribution in [3.63, 3.8) is 0 Å². The first-order valence-corrected chi connectivity index (χ1v) is 10.3. The third kappa shape index (κ3) is 14.9. The van der Waals surface area contributed by atoms with Crippen LogP contribution in [0.3, 0.4) is 0 Å². The van der Waals surface area contributed by atoms with E-state index < -0.39 is 6.10 Å². The Morgan fingerprint density at radius 2 is 1.33 bits per heavy atom. The molecule has 0 heterocycles. The topological polar surface area (TPSA) is 49.8 Å². The van der Waals surface area contributed by atoms with Gasteiger partial charge in [-0.3, -0.25) is 4.79 Å². The van der Waals surface area contributed by atoms with E-state index in [2.05, 4.69) is 20.8 Å². The van der Waals surface area contributed by atoms with Crippen LogP contribution < -0.4 is 0 Å². The molecule has 1 N–H and O–H groups in total. The lowest BCUT2D eigenvalue weighted by molar-refractivity contribution is -0.193. The van der Waals surface area contributed by atoms with Crippen LogP contribution in [0.15, 0.2) is 0 Å². The molecule has 0 spiro atoms. The third-order valence-electron chi connectivity index (χ3n) is 4.30. The summed E-state index contributed by atoms with van der Waals surface area (Å²) in [5.74, 6) is -0.294. The summed E-state index contributed by atoms with van der Waals surface area (Å²) in [6.07, 6.45) is 13.0. The summed E-state index contributed by atoms with van der Waals surface area (Å²) in [6.45, 7) is 8.06. The maximum atomic E-state index is 12.0. The lowest BCUT2D eigenvalue weighted by Gasteiger charge is -2.21. The van der Waals surface area contributed by atoms with Crippen LogP contribution in [0, 0.1) is 0 Å². The molecule has 24 heavy (non-hydrogen) atoms. The number of carbonyl (C=O) groups excluding carboxylic acids is 1. The monoisotopic (exact) mass is 343 g/mol. The number of rotatable bonds is 17. The van der Waals surface area contributed by atoms with E-state index in [1.54, 1.807) is 5.06 Å². The van der Waals surface area contributed by atoms with Crippen molar-refractivity contribution in [2.45, 2.75) is 110 Å². The van der Waals surface area contributed by atoms with Gasteiger partial charge in [-0.25, -0.2) is 0 Å². The standard InChI is InChI=1S/C20H41NO3/c1-4-7-10-11-12-13-14-15-19(22)18-20(23)24-21(16-8-5-2)17-9-6-3/h19,22H,4-18H2,1-3H3. The molecule has 4 nitrogen and oxygen atoms in total. The van der Waals surface area contributed by atoms with Gasteiger partial charge in [0.25, 0.3) is 0 Å². The van der Waals surface area contributed by atoms with Gasteiger partial charge >= 0.3 is 5.97 Å². The molecule has 0 aliphatic rings. The van der Waals surface area contributed by atoms with Crippen LogP contribution in [0.2, 0.25) is 0 Å². The zero-order valence-corrected chi connectivity index (χ0v) is 16.4. The molecule has 0 aromatic carbocycles. The van der Waals surface area contributed by atoms with Crippen molar-refractivity contribution in [3.05, 3.63) is 0 Å². The summed E-state index contributed by atoms with van der Waals surface area (Å²) < 4.78 is 0. The van der Waals surface area contributed by atoms with Gasteiger partial charge in [0.05, 0.1) is 12.5 Å². The minimum absolute atomic E-state index is 0.116. The van der Waals surface area contributed by atoms with Crippen molar-refractivity contribution >= 4 is 5.97 Å². The fourth-order valence-electron chi connectivity index (χ4n) is 2.68. The fourth-order valence-corrected chi connectivity index (χ4v) is 2.68. The molecule has 0 radical (unpaired) electrons. The maximum absolute atomic E-state index is 12.0. The highest BCUT2D eigenvalue weighted by atomic mass is 16.7. The van der Waals surface area contributed by atoms with E-state index in [0.717, 1.165) is 51.6 Å². The summed E-state index contributed by atoms with van der Waals surface area (Å²) in [5, 5.41) is 11.8. The Labute approximate surface area is 149 Å². The molecule has 0 amide bonds. The van der Waals surface area contributed by atoms with Crippen molar-refractivity contribution in [1.29, 1.82) is 0 Å². The zero-order chi connectivity index (χ0) is 18.0. The van der Waals surface area contributed by atoms with Crippen molar-refractivity contribution in [2.24, 2.45) is 0 Å². The largest absolute Gasteiger partial charge is 0.393 e. The Kier molecular flexibility index (Phi) is 16.8. The Morgan fingerprint density at radius 3 is 1.88 bits per heavy atom. The van der Waals surface area contributed by atoms with Gasteiger partial charge < -0.3 is 9.94 Å². The van der Waals surface area contributed by atoms with E-state index in [4.69, 9.17) is 4.84 Å². The molecule has 1 atom stereocenters. The van der Waals surface area contributed by atoms with E-state index in [1.807, 2.05) is 0 Å². The molecule has 1 unspecified atom stereocenters. The van der Waals surface area contributed by atoms with Crippen molar-refractivity contribution in [3.8, 4) is 0 Å². The minimum Gasteiger partial charge on any atom is -0.393 e. The Morgan fingerprint density at radius 1 is 0.833 bits per heavy atom. The number of hydrogen-bond donors (Lipinski definition) is 1. The molecule has 0 aliphatic heterocycles. The van der Waals surface area contributed by atoms with Crippen molar-refractivity contribution < 1.29 is 14.7 Å². The van der Waals surface area contributed by atoms with Gasteiger partial charge in [0.15, 0.2) is 0 Å². The van der Waals surface area contributed by atoms with Crippen LogP contribution in [-0.2, 0) is 9.63 Å². The molecule has 0 aliphatic carbocycles. The average Bonchev–Trinajstić information content (AvgIpc) is 2.56. The van der Waals surface area contributed by atoms with Gasteiger partial charge in [0.2, 0.25) is 0 Å². The number of aliphatic hydroxyl groups is 1. The van der Waals surface area contributed by atoms with E-state index in [9.17, 15) is 9.90 Å². The lowest BCUT2D eigenvalue weighted by atomic mass is 10.1. The van der Waals surface area contributed by atoms with Gasteiger partial charge in [-0.05, 0) is 19.3 Å². The van der Waals surface area contributed by atoms with E-state index >= 15 is 0 Å². The first-order valence-electron chi connectivity index (χ1n) is 10.3. The van der Waals surface area contributed by atoms with E-state index in [1.165, 1.54) is 32.1 Å². The molecule has 0 fully saturated rings. The summed E-state index contributed by atoms with van der Waals surface area (Å²) in [6, 6.07) is 0. The average molecular weight is 344 g/mol. The lowest BCUT2D eigenvalue weighted by Crippen LogP contribution is -2.31. The first kappa shape index (κ1) is 23.4. The number of hydroxylamine groups is 2. The second-order valence-corrected chi connectivity index (χ2v) is 6.87. The van der Waals surface area contributed by atoms with Crippen molar-refractivity contribution in [1.82, 2.24) is 5.06 Å². The highest BCUT2D eigenvalue weighted by Crippen LogP contribution is 2.12. The molecule has 0 saturated heterocycles. The molecular formula is C20H41NO3. The van der Waals surface area contributed by atoms with Gasteiger partial charge in [0.1, 0.15) is 0 Å². The first-order chi connectivity index (χ1) is 11.6. The van der Waals surface area contributed by atoms with Crippen LogP contribution in [0.4, 0.5) is 0 Å². The molecule has 0 rings (SSSR count). The molecule has 0 bridgehead atoms. The predicted molar refractivity (Wildman–Crippen MR) is 101 cm³/mol. The Bertz CT molecular complexity index is 276. The second kappa shape index (κ2) is 17.2. The second-order valence-electron chi connectivity index (χ2n) is 6.87. The quantitative estimate of drug-likeness (QED) is 0.290. The van der Waals surface area contributed by atoms with Crippen molar-refractivity contribution in [2.75, 3.05) is 13.1 Å². The van der Waals surface area contributed by atoms with Crippen LogP contribution in [0.1, 0.15) is 104 Å². The molecule has 0 saturated carbocycles. The molecule has 0 aromatic rings. The van der Waals surface area contributed by atoms with Crippen LogP contribution in [-0.4, -0.2) is 35.3 Å². The number of unbranched alkanes of at least 4 members (excludes halogenated alkanes) is 8. The number of nitrogens with zero attached hydrogens (tertiary/aromatic N) is 1. The highest BCUT2D eigenvalue weighted by Gasteiger charge is 2.15. The minimum atomic E-state index is -0.563. The molecule has 0 aromatic heterocycles. The number of carbonyl (C=O) groups is 1. The Balaban J connectivity index is 3.80. The van der Waals surface area contributed by atoms with Gasteiger partial charge in [-0.1, -0.05) is 78.6 Å². The number of aliphatic hydroxyl groups excluding tert-OH is 1. The molecule has 4 heteroatoms. The van der Waals surface area contributed by atoms with Crippen LogP contribution in [0.5, 0.6) is 0 Å². The smallest absolute Gasteiger partial charge is 0.327 e. The van der Waals surface area contributed by atoms with E-state index in [-0.39, 0.29) is 12.4 Å². The van der Waals surface area contributed by atoms with Crippen LogP contribution in [0.25, 0.3) is 0 Å². The zero-order valence-electron chi connectivity index (χ0n) is 16.4. The normalized spacial score (nSPS) is 12.5. The SMILES string of the molecule is CCCCCCCCCC(O)CC(=O)ON(CCCC)CCCC. The third-order valence-corrected chi connectivity index (χ3v) is 4.30. The predicted octanol–water partition coefficient (Wildman–Crippen LogP) is 5.24. The van der Waals surface area contributed by atoms with Gasteiger partial charge in [-0.2, -0.15) is 0 Å². The molecule has 144 valence electrons. The summed E-state index contributed by atoms with van der Waals surface area (Å²) in [5.41, 5.74) is 0. The maximum Gasteiger partial charge on any atom is 0.327 e. The highest BCUT2D eigenvalue weighted by molar-refractivity contribution is 5.69. The summed E-state index contributed by atoms with van der Waals surface area (Å²) in [4.78, 5) is 17.4. The number of hydrogen-bond acceptors (Lipinski definition) is 4. The van der Waals surface area contributed by atoms with Crippen LogP contribution >= 0.6 is 0 Å². The Hall–Kier alpha value is -0.610.